The first kappa shape index (κ1) is 17.6. The summed E-state index contributed by atoms with van der Waals surface area (Å²) in [5.41, 5.74) is 2.20. The molecule has 1 atom stereocenters. The quantitative estimate of drug-likeness (QED) is 0.764. The molecule has 0 spiro atoms. The van der Waals surface area contributed by atoms with Gasteiger partial charge in [-0.05, 0) is 36.4 Å². The van der Waals surface area contributed by atoms with Gasteiger partial charge in [-0.1, -0.05) is 27.5 Å². The first-order valence-corrected chi connectivity index (χ1v) is 8.04. The van der Waals surface area contributed by atoms with Crippen LogP contribution in [0.4, 0.5) is 5.69 Å². The SMILES string of the molecule is COCC(Nc1ccc(C#N)cc1Cl)c1cc(Br)ccc1OC. The smallest absolute Gasteiger partial charge is 0.124 e. The Bertz CT molecular complexity index is 731. The zero-order valence-electron chi connectivity index (χ0n) is 12.8. The number of rotatable bonds is 6. The topological polar surface area (TPSA) is 54.3 Å². The fourth-order valence-corrected chi connectivity index (χ4v) is 2.86. The van der Waals surface area contributed by atoms with Crippen molar-refractivity contribution in [2.45, 2.75) is 6.04 Å². The molecule has 0 aromatic heterocycles. The molecule has 0 saturated heterocycles. The minimum absolute atomic E-state index is 0.155. The molecule has 0 radical (unpaired) electrons. The third kappa shape index (κ3) is 4.38. The van der Waals surface area contributed by atoms with Crippen molar-refractivity contribution in [1.82, 2.24) is 0 Å². The lowest BCUT2D eigenvalue weighted by Crippen LogP contribution is -2.17. The molecule has 23 heavy (non-hydrogen) atoms. The molecule has 2 aromatic carbocycles. The van der Waals surface area contributed by atoms with Gasteiger partial charge in [0.05, 0.1) is 42.1 Å². The van der Waals surface area contributed by atoms with Crippen LogP contribution < -0.4 is 10.1 Å². The monoisotopic (exact) mass is 394 g/mol. The van der Waals surface area contributed by atoms with E-state index in [0.29, 0.717) is 17.2 Å². The van der Waals surface area contributed by atoms with Gasteiger partial charge in [-0.3, -0.25) is 0 Å². The second-order valence-corrected chi connectivity index (χ2v) is 6.17. The van der Waals surface area contributed by atoms with E-state index >= 15 is 0 Å². The summed E-state index contributed by atoms with van der Waals surface area (Å²) in [4.78, 5) is 0. The van der Waals surface area contributed by atoms with Gasteiger partial charge in [-0.15, -0.1) is 0 Å². The van der Waals surface area contributed by atoms with Crippen LogP contribution in [0.1, 0.15) is 17.2 Å². The van der Waals surface area contributed by atoms with E-state index in [1.807, 2.05) is 18.2 Å². The van der Waals surface area contributed by atoms with Crippen LogP contribution in [-0.2, 0) is 4.74 Å². The van der Waals surface area contributed by atoms with Crippen molar-refractivity contribution < 1.29 is 9.47 Å². The molecule has 2 rings (SSSR count). The number of benzene rings is 2. The van der Waals surface area contributed by atoms with E-state index in [1.54, 1.807) is 32.4 Å². The average molecular weight is 396 g/mol. The minimum Gasteiger partial charge on any atom is -0.496 e. The van der Waals surface area contributed by atoms with Gasteiger partial charge in [0, 0.05) is 17.1 Å². The lowest BCUT2D eigenvalue weighted by atomic mass is 10.1. The van der Waals surface area contributed by atoms with Crippen LogP contribution in [0.2, 0.25) is 5.02 Å². The first-order chi connectivity index (χ1) is 11.1. The molecule has 1 N–H and O–H groups in total. The molecule has 0 heterocycles. The van der Waals surface area contributed by atoms with E-state index in [1.165, 1.54) is 0 Å². The number of nitrogens with one attached hydrogen (secondary N) is 1. The molecule has 4 nitrogen and oxygen atoms in total. The van der Waals surface area contributed by atoms with Gasteiger partial charge in [0.1, 0.15) is 5.75 Å². The second kappa shape index (κ2) is 8.21. The molecule has 0 aliphatic rings. The number of hydrogen-bond acceptors (Lipinski definition) is 4. The largest absolute Gasteiger partial charge is 0.496 e. The Hall–Kier alpha value is -1.74. The molecule has 0 saturated carbocycles. The molecule has 2 aromatic rings. The van der Waals surface area contributed by atoms with Crippen LogP contribution >= 0.6 is 27.5 Å². The van der Waals surface area contributed by atoms with E-state index in [-0.39, 0.29) is 6.04 Å². The number of anilines is 1. The number of nitrogens with zero attached hydrogens (tertiary/aromatic N) is 1. The predicted octanol–water partition coefficient (Wildman–Crippen LogP) is 4.78. The van der Waals surface area contributed by atoms with Crippen LogP contribution in [0, 0.1) is 11.3 Å². The van der Waals surface area contributed by atoms with E-state index in [0.717, 1.165) is 21.5 Å². The van der Waals surface area contributed by atoms with Crippen LogP contribution in [-0.4, -0.2) is 20.8 Å². The summed E-state index contributed by atoms with van der Waals surface area (Å²) >= 11 is 9.73. The van der Waals surface area contributed by atoms with Crippen LogP contribution in [0.25, 0.3) is 0 Å². The number of ether oxygens (including phenoxy) is 2. The van der Waals surface area contributed by atoms with Crippen molar-refractivity contribution >= 4 is 33.2 Å². The fourth-order valence-electron chi connectivity index (χ4n) is 2.24. The molecule has 0 amide bonds. The number of hydrogen-bond donors (Lipinski definition) is 1. The zero-order chi connectivity index (χ0) is 16.8. The highest BCUT2D eigenvalue weighted by Crippen LogP contribution is 2.33. The van der Waals surface area contributed by atoms with Gasteiger partial charge < -0.3 is 14.8 Å². The van der Waals surface area contributed by atoms with Gasteiger partial charge >= 0.3 is 0 Å². The third-order valence-electron chi connectivity index (χ3n) is 3.33. The number of halogens is 2. The van der Waals surface area contributed by atoms with Crippen LogP contribution in [0.15, 0.2) is 40.9 Å². The summed E-state index contributed by atoms with van der Waals surface area (Å²) in [5, 5.41) is 12.8. The molecule has 0 aliphatic carbocycles. The highest BCUT2D eigenvalue weighted by atomic mass is 79.9. The Morgan fingerprint density at radius 2 is 2.04 bits per heavy atom. The maximum atomic E-state index is 8.93. The van der Waals surface area contributed by atoms with Crippen LogP contribution in [0.5, 0.6) is 5.75 Å². The molecule has 6 heteroatoms. The van der Waals surface area contributed by atoms with Gasteiger partial charge in [0.15, 0.2) is 0 Å². The normalized spacial score (nSPS) is 11.6. The standard InChI is InChI=1S/C17H16BrClN2O2/c1-22-10-16(13-8-12(18)4-6-17(13)23-2)21-15-5-3-11(9-20)7-14(15)19/h3-8,16,21H,10H2,1-2H3. The third-order valence-corrected chi connectivity index (χ3v) is 4.13. The van der Waals surface area contributed by atoms with Crippen molar-refractivity contribution in [3.8, 4) is 11.8 Å². The van der Waals surface area contributed by atoms with E-state index in [2.05, 4.69) is 27.3 Å². The molecule has 1 unspecified atom stereocenters. The lowest BCUT2D eigenvalue weighted by molar-refractivity contribution is 0.185. The molecule has 120 valence electrons. The second-order valence-electron chi connectivity index (χ2n) is 4.84. The first-order valence-electron chi connectivity index (χ1n) is 6.87. The van der Waals surface area contributed by atoms with Crippen molar-refractivity contribution in [1.29, 1.82) is 5.26 Å². The maximum absolute atomic E-state index is 8.93. The highest BCUT2D eigenvalue weighted by molar-refractivity contribution is 9.10. The molecule has 0 fully saturated rings. The maximum Gasteiger partial charge on any atom is 0.124 e. The predicted molar refractivity (Wildman–Crippen MR) is 95.1 cm³/mol. The van der Waals surface area contributed by atoms with Gasteiger partial charge in [-0.2, -0.15) is 5.26 Å². The zero-order valence-corrected chi connectivity index (χ0v) is 15.1. The minimum atomic E-state index is -0.155. The number of methoxy groups -OCH3 is 2. The lowest BCUT2D eigenvalue weighted by Gasteiger charge is -2.22. The van der Waals surface area contributed by atoms with Crippen molar-refractivity contribution in [2.24, 2.45) is 0 Å². The van der Waals surface area contributed by atoms with E-state index in [9.17, 15) is 0 Å². The summed E-state index contributed by atoms with van der Waals surface area (Å²) in [7, 11) is 3.27. The van der Waals surface area contributed by atoms with Gasteiger partial charge in [-0.25, -0.2) is 0 Å². The summed E-state index contributed by atoms with van der Waals surface area (Å²) in [6.45, 7) is 0.434. The van der Waals surface area contributed by atoms with Crippen molar-refractivity contribution in [3.05, 3.63) is 57.0 Å². The Balaban J connectivity index is 2.36. The van der Waals surface area contributed by atoms with Gasteiger partial charge in [0.25, 0.3) is 0 Å². The fraction of sp³-hybridized carbons (Fsp3) is 0.235. The van der Waals surface area contributed by atoms with E-state index in [4.69, 9.17) is 26.3 Å². The Morgan fingerprint density at radius 1 is 1.26 bits per heavy atom. The van der Waals surface area contributed by atoms with Crippen molar-refractivity contribution in [3.63, 3.8) is 0 Å². The highest BCUT2D eigenvalue weighted by Gasteiger charge is 2.18. The molecular weight excluding hydrogens is 380 g/mol. The molecule has 0 bridgehead atoms. The van der Waals surface area contributed by atoms with E-state index < -0.39 is 0 Å². The summed E-state index contributed by atoms with van der Waals surface area (Å²) in [6.07, 6.45) is 0. The molecular formula is C17H16BrClN2O2. The Labute approximate surface area is 149 Å². The van der Waals surface area contributed by atoms with Crippen molar-refractivity contribution in [2.75, 3.05) is 26.1 Å². The Morgan fingerprint density at radius 3 is 2.65 bits per heavy atom. The van der Waals surface area contributed by atoms with Gasteiger partial charge in [0.2, 0.25) is 0 Å². The molecule has 0 aliphatic heterocycles. The average Bonchev–Trinajstić information content (AvgIpc) is 2.56. The Kier molecular flexibility index (Phi) is 6.28. The number of nitriles is 1. The van der Waals surface area contributed by atoms with Crippen LogP contribution in [0.3, 0.4) is 0 Å². The summed E-state index contributed by atoms with van der Waals surface area (Å²) in [6, 6.07) is 12.8. The summed E-state index contributed by atoms with van der Waals surface area (Å²) in [5.74, 6) is 0.757. The summed E-state index contributed by atoms with van der Waals surface area (Å²) < 4.78 is 11.7.